The van der Waals surface area contributed by atoms with Crippen LogP contribution in [0, 0.1) is 5.92 Å². The van der Waals surface area contributed by atoms with Crippen molar-refractivity contribution in [2.24, 2.45) is 5.92 Å². The number of piperazine rings is 1. The summed E-state index contributed by atoms with van der Waals surface area (Å²) < 4.78 is 25.1. The molecule has 1 rings (SSSR count). The number of nitrogens with zero attached hydrogens (tertiary/aromatic N) is 1. The Morgan fingerprint density at radius 3 is 2.50 bits per heavy atom. The molecule has 1 saturated heterocycles. The van der Waals surface area contributed by atoms with E-state index in [2.05, 4.69) is 33.0 Å². The van der Waals surface area contributed by atoms with Gasteiger partial charge in [0.15, 0.2) is 0 Å². The second-order valence-corrected chi connectivity index (χ2v) is 5.38. The normalized spacial score (nSPS) is 32.6. The lowest BCUT2D eigenvalue weighted by Gasteiger charge is -2.48. The summed E-state index contributed by atoms with van der Waals surface area (Å²) in [5.74, 6) is 0.488. The van der Waals surface area contributed by atoms with Crippen LogP contribution in [0.2, 0.25) is 0 Å². The van der Waals surface area contributed by atoms with Crippen LogP contribution in [0.3, 0.4) is 0 Å². The van der Waals surface area contributed by atoms with Gasteiger partial charge in [0.05, 0.1) is 6.54 Å². The molecule has 0 aromatic rings. The first kappa shape index (κ1) is 13.8. The highest BCUT2D eigenvalue weighted by Crippen LogP contribution is 2.25. The van der Waals surface area contributed by atoms with Gasteiger partial charge in [-0.25, -0.2) is 8.78 Å². The maximum Gasteiger partial charge on any atom is 0.251 e. The Bertz CT molecular complexity index is 221. The Morgan fingerprint density at radius 1 is 1.44 bits per heavy atom. The lowest BCUT2D eigenvalue weighted by Crippen LogP contribution is -2.64. The van der Waals surface area contributed by atoms with Crippen LogP contribution in [0.15, 0.2) is 0 Å². The number of alkyl halides is 2. The summed E-state index contributed by atoms with van der Waals surface area (Å²) >= 11 is 0. The molecule has 0 radical (unpaired) electrons. The topological polar surface area (TPSA) is 15.3 Å². The molecule has 1 N–H and O–H groups in total. The minimum absolute atomic E-state index is 0.102. The van der Waals surface area contributed by atoms with Crippen molar-refractivity contribution >= 4 is 0 Å². The van der Waals surface area contributed by atoms with Crippen LogP contribution < -0.4 is 5.32 Å². The quantitative estimate of drug-likeness (QED) is 0.803. The Labute approximate surface area is 97.4 Å². The van der Waals surface area contributed by atoms with Gasteiger partial charge in [-0.15, -0.1) is 0 Å². The highest BCUT2D eigenvalue weighted by atomic mass is 19.3. The molecule has 0 aromatic heterocycles. The summed E-state index contributed by atoms with van der Waals surface area (Å²) in [5, 5.41) is 3.48. The standard InChI is InChI=1S/C12H24F2N2/c1-5-12(4)8-15-10(9(2)3)6-16(12)7-11(13)14/h9-11,15H,5-8H2,1-4H3. The summed E-state index contributed by atoms with van der Waals surface area (Å²) in [4.78, 5) is 1.96. The number of hydrogen-bond donors (Lipinski definition) is 1. The number of hydrogen-bond acceptors (Lipinski definition) is 2. The second-order valence-electron chi connectivity index (χ2n) is 5.38. The largest absolute Gasteiger partial charge is 0.311 e. The van der Waals surface area contributed by atoms with E-state index < -0.39 is 6.43 Å². The summed E-state index contributed by atoms with van der Waals surface area (Å²) in [6.07, 6.45) is -1.34. The van der Waals surface area contributed by atoms with Crippen LogP contribution >= 0.6 is 0 Å². The van der Waals surface area contributed by atoms with Gasteiger partial charge in [0.2, 0.25) is 0 Å². The van der Waals surface area contributed by atoms with Crippen molar-refractivity contribution in [2.45, 2.75) is 52.1 Å². The van der Waals surface area contributed by atoms with E-state index >= 15 is 0 Å². The molecular weight excluding hydrogens is 210 g/mol. The first-order valence-corrected chi connectivity index (χ1v) is 6.15. The molecule has 16 heavy (non-hydrogen) atoms. The fraction of sp³-hybridized carbons (Fsp3) is 1.00. The fourth-order valence-electron chi connectivity index (χ4n) is 2.24. The molecule has 0 aromatic carbocycles. The number of rotatable bonds is 4. The van der Waals surface area contributed by atoms with Crippen molar-refractivity contribution in [3.05, 3.63) is 0 Å². The van der Waals surface area contributed by atoms with E-state index in [1.165, 1.54) is 0 Å². The first-order valence-electron chi connectivity index (χ1n) is 6.15. The summed E-state index contributed by atoms with van der Waals surface area (Å²) in [6.45, 7) is 9.83. The van der Waals surface area contributed by atoms with Gasteiger partial charge in [0, 0.05) is 24.7 Å². The third-order valence-electron chi connectivity index (χ3n) is 3.85. The molecule has 0 bridgehead atoms. The molecule has 2 unspecified atom stereocenters. The molecule has 0 amide bonds. The zero-order valence-corrected chi connectivity index (χ0v) is 10.8. The monoisotopic (exact) mass is 234 g/mol. The third kappa shape index (κ3) is 3.14. The predicted molar refractivity (Wildman–Crippen MR) is 62.9 cm³/mol. The first-order chi connectivity index (χ1) is 7.39. The highest BCUT2D eigenvalue weighted by molar-refractivity contribution is 4.96. The van der Waals surface area contributed by atoms with E-state index in [-0.39, 0.29) is 12.1 Å². The zero-order chi connectivity index (χ0) is 12.3. The van der Waals surface area contributed by atoms with Crippen molar-refractivity contribution in [3.8, 4) is 0 Å². The van der Waals surface area contributed by atoms with Gasteiger partial charge in [-0.2, -0.15) is 0 Å². The Balaban J connectivity index is 2.69. The summed E-state index contributed by atoms with van der Waals surface area (Å²) in [6, 6.07) is 0.332. The molecular formula is C12H24F2N2. The SMILES string of the molecule is CCC1(C)CNC(C(C)C)CN1CC(F)F. The number of nitrogens with one attached hydrogen (secondary N) is 1. The Kier molecular flexibility index (Phi) is 4.68. The van der Waals surface area contributed by atoms with Gasteiger partial charge < -0.3 is 5.32 Å². The van der Waals surface area contributed by atoms with Crippen molar-refractivity contribution in [2.75, 3.05) is 19.6 Å². The number of halogens is 2. The van der Waals surface area contributed by atoms with Crippen molar-refractivity contribution < 1.29 is 8.78 Å². The van der Waals surface area contributed by atoms with Crippen LogP contribution in [0.25, 0.3) is 0 Å². The summed E-state index contributed by atoms with van der Waals surface area (Å²) in [5.41, 5.74) is -0.123. The Hall–Kier alpha value is -0.220. The zero-order valence-electron chi connectivity index (χ0n) is 10.8. The van der Waals surface area contributed by atoms with Crippen LogP contribution in [-0.4, -0.2) is 42.5 Å². The van der Waals surface area contributed by atoms with Gasteiger partial charge in [0.1, 0.15) is 0 Å². The van der Waals surface area contributed by atoms with E-state index in [9.17, 15) is 8.78 Å². The van der Waals surface area contributed by atoms with Crippen molar-refractivity contribution in [1.29, 1.82) is 0 Å². The molecule has 1 aliphatic rings. The fourth-order valence-corrected chi connectivity index (χ4v) is 2.24. The molecule has 1 fully saturated rings. The lowest BCUT2D eigenvalue weighted by atomic mass is 9.89. The molecule has 1 heterocycles. The van der Waals surface area contributed by atoms with Gasteiger partial charge in [0.25, 0.3) is 6.43 Å². The van der Waals surface area contributed by atoms with Gasteiger partial charge >= 0.3 is 0 Å². The van der Waals surface area contributed by atoms with Crippen LogP contribution in [0.5, 0.6) is 0 Å². The van der Waals surface area contributed by atoms with Crippen LogP contribution in [0.4, 0.5) is 8.78 Å². The maximum atomic E-state index is 12.6. The molecule has 0 spiro atoms. The minimum Gasteiger partial charge on any atom is -0.311 e. The van der Waals surface area contributed by atoms with E-state index in [4.69, 9.17) is 0 Å². The van der Waals surface area contributed by atoms with E-state index in [1.54, 1.807) is 0 Å². The van der Waals surface area contributed by atoms with Crippen molar-refractivity contribution in [1.82, 2.24) is 10.2 Å². The highest BCUT2D eigenvalue weighted by Gasteiger charge is 2.38. The molecule has 4 heteroatoms. The van der Waals surface area contributed by atoms with Gasteiger partial charge in [-0.3, -0.25) is 4.90 Å². The van der Waals surface area contributed by atoms with Crippen molar-refractivity contribution in [3.63, 3.8) is 0 Å². The Morgan fingerprint density at radius 2 is 2.06 bits per heavy atom. The van der Waals surface area contributed by atoms with E-state index in [1.807, 2.05) is 4.90 Å². The van der Waals surface area contributed by atoms with E-state index in [0.29, 0.717) is 12.0 Å². The molecule has 2 nitrogen and oxygen atoms in total. The van der Waals surface area contributed by atoms with E-state index in [0.717, 1.165) is 19.5 Å². The van der Waals surface area contributed by atoms with Crippen LogP contribution in [0.1, 0.15) is 34.1 Å². The molecule has 96 valence electrons. The second kappa shape index (κ2) is 5.41. The lowest BCUT2D eigenvalue weighted by molar-refractivity contribution is -0.00932. The summed E-state index contributed by atoms with van der Waals surface area (Å²) in [7, 11) is 0. The molecule has 2 atom stereocenters. The predicted octanol–water partition coefficient (Wildman–Crippen LogP) is 2.35. The van der Waals surface area contributed by atoms with Crippen LogP contribution in [-0.2, 0) is 0 Å². The van der Waals surface area contributed by atoms with Gasteiger partial charge in [-0.1, -0.05) is 20.8 Å². The third-order valence-corrected chi connectivity index (χ3v) is 3.85. The van der Waals surface area contributed by atoms with Gasteiger partial charge in [-0.05, 0) is 19.3 Å². The average Bonchev–Trinajstić information content (AvgIpc) is 2.20. The minimum atomic E-state index is -2.24. The molecule has 0 aliphatic carbocycles. The molecule has 1 aliphatic heterocycles. The molecule has 0 saturated carbocycles. The maximum absolute atomic E-state index is 12.6. The smallest absolute Gasteiger partial charge is 0.251 e. The average molecular weight is 234 g/mol.